The zero-order chi connectivity index (χ0) is 23.2. The van der Waals surface area contributed by atoms with Gasteiger partial charge in [0.25, 0.3) is 5.56 Å². The van der Waals surface area contributed by atoms with E-state index < -0.39 is 23.9 Å². The Kier molecular flexibility index (Phi) is 5.42. The summed E-state index contributed by atoms with van der Waals surface area (Å²) in [5.41, 5.74) is -0.260. The SMILES string of the molecule is C#C[C@@H](Nc1nc(C)nc2cc(=O)n(C3CC(O)C3)cc12)c1cccc(C(F)(F)F)c1C. The number of aromatic nitrogens is 3. The van der Waals surface area contributed by atoms with E-state index in [1.54, 1.807) is 19.2 Å². The standard InChI is InChI=1S/C23H21F3N4O2/c1-4-19(16-6-5-7-18(12(16)2)23(24,25)26)29-22-17-11-30(14-8-15(31)9-14)21(32)10-20(17)27-13(3)28-22/h1,5-7,10-11,14-15,19,31H,8-9H2,2-3H3,(H,27,28,29)/t14?,15?,19-/m1/s1. The van der Waals surface area contributed by atoms with Crippen molar-refractivity contribution in [1.82, 2.24) is 14.5 Å². The summed E-state index contributed by atoms with van der Waals surface area (Å²) in [6.45, 7) is 3.03. The molecule has 32 heavy (non-hydrogen) atoms. The number of anilines is 1. The minimum absolute atomic E-state index is 0.0332. The van der Waals surface area contributed by atoms with Crippen molar-refractivity contribution in [3.63, 3.8) is 0 Å². The monoisotopic (exact) mass is 442 g/mol. The van der Waals surface area contributed by atoms with Crippen molar-refractivity contribution >= 4 is 16.7 Å². The van der Waals surface area contributed by atoms with Crippen molar-refractivity contribution < 1.29 is 18.3 Å². The highest BCUT2D eigenvalue weighted by molar-refractivity contribution is 5.88. The summed E-state index contributed by atoms with van der Waals surface area (Å²) in [7, 11) is 0. The maximum absolute atomic E-state index is 13.4. The van der Waals surface area contributed by atoms with Crippen molar-refractivity contribution in [3.05, 3.63) is 63.3 Å². The van der Waals surface area contributed by atoms with Gasteiger partial charge in [0, 0.05) is 18.3 Å². The number of pyridine rings is 1. The van der Waals surface area contributed by atoms with Crippen LogP contribution in [-0.2, 0) is 6.18 Å². The van der Waals surface area contributed by atoms with Crippen molar-refractivity contribution in [3.8, 4) is 12.3 Å². The Hall–Kier alpha value is -3.38. The number of hydrogen-bond acceptors (Lipinski definition) is 5. The van der Waals surface area contributed by atoms with Gasteiger partial charge in [-0.25, -0.2) is 9.97 Å². The zero-order valence-electron chi connectivity index (χ0n) is 17.4. The van der Waals surface area contributed by atoms with Crippen molar-refractivity contribution in [2.45, 2.75) is 51.1 Å². The molecule has 1 saturated carbocycles. The first-order chi connectivity index (χ1) is 15.1. The Morgan fingerprint density at radius 3 is 2.62 bits per heavy atom. The lowest BCUT2D eigenvalue weighted by atomic mass is 9.89. The van der Waals surface area contributed by atoms with Crippen LogP contribution in [0.5, 0.6) is 0 Å². The third kappa shape index (κ3) is 3.94. The molecule has 6 nitrogen and oxygen atoms in total. The Morgan fingerprint density at radius 2 is 2.00 bits per heavy atom. The van der Waals surface area contributed by atoms with E-state index in [0.717, 1.165) is 6.07 Å². The average Bonchev–Trinajstić information content (AvgIpc) is 2.68. The third-order valence-electron chi connectivity index (χ3n) is 5.79. The molecule has 0 saturated heterocycles. The zero-order valence-corrected chi connectivity index (χ0v) is 17.4. The number of aliphatic hydroxyl groups excluding tert-OH is 1. The van der Waals surface area contributed by atoms with E-state index in [1.165, 1.54) is 23.6 Å². The molecule has 0 spiro atoms. The van der Waals surface area contributed by atoms with E-state index in [-0.39, 0.29) is 17.2 Å². The highest BCUT2D eigenvalue weighted by Gasteiger charge is 2.34. The summed E-state index contributed by atoms with van der Waals surface area (Å²) in [4.78, 5) is 21.2. The second-order valence-corrected chi connectivity index (χ2v) is 7.98. The summed E-state index contributed by atoms with van der Waals surface area (Å²) < 4.78 is 41.6. The molecule has 0 bridgehead atoms. The quantitative estimate of drug-likeness (QED) is 0.599. The second-order valence-electron chi connectivity index (χ2n) is 7.98. The van der Waals surface area contributed by atoms with Gasteiger partial charge in [-0.05, 0) is 43.9 Å². The van der Waals surface area contributed by atoms with Crippen LogP contribution in [0.15, 0.2) is 35.3 Å². The summed E-state index contributed by atoms with van der Waals surface area (Å²) in [6, 6.07) is 4.25. The first-order valence-electron chi connectivity index (χ1n) is 10.1. The number of terminal acetylenes is 1. The topological polar surface area (TPSA) is 80.0 Å². The van der Waals surface area contributed by atoms with E-state index in [4.69, 9.17) is 6.42 Å². The summed E-state index contributed by atoms with van der Waals surface area (Å²) >= 11 is 0. The Bertz CT molecular complexity index is 1290. The largest absolute Gasteiger partial charge is 0.416 e. The lowest BCUT2D eigenvalue weighted by Gasteiger charge is -2.33. The molecule has 2 aromatic heterocycles. The molecule has 2 heterocycles. The summed E-state index contributed by atoms with van der Waals surface area (Å²) in [5.74, 6) is 3.21. The molecule has 3 aromatic rings. The van der Waals surface area contributed by atoms with Crippen LogP contribution < -0.4 is 10.9 Å². The number of nitrogens with zero attached hydrogens (tertiary/aromatic N) is 3. The smallest absolute Gasteiger partial charge is 0.393 e. The fourth-order valence-electron chi connectivity index (χ4n) is 4.04. The van der Waals surface area contributed by atoms with E-state index in [9.17, 15) is 23.1 Å². The maximum Gasteiger partial charge on any atom is 0.416 e. The van der Waals surface area contributed by atoms with Crippen molar-refractivity contribution in [1.29, 1.82) is 0 Å². The first kappa shape index (κ1) is 21.8. The molecule has 0 aliphatic heterocycles. The molecular weight excluding hydrogens is 421 g/mol. The Morgan fingerprint density at radius 1 is 1.28 bits per heavy atom. The number of aryl methyl sites for hydroxylation is 1. The fourth-order valence-corrected chi connectivity index (χ4v) is 4.04. The number of alkyl halides is 3. The van der Waals surface area contributed by atoms with Gasteiger partial charge in [-0.1, -0.05) is 18.1 Å². The van der Waals surface area contributed by atoms with Gasteiger partial charge in [0.05, 0.1) is 22.6 Å². The highest BCUT2D eigenvalue weighted by Crippen LogP contribution is 2.36. The molecule has 1 fully saturated rings. The van der Waals surface area contributed by atoms with Gasteiger partial charge in [-0.2, -0.15) is 13.2 Å². The van der Waals surface area contributed by atoms with Crippen molar-refractivity contribution in [2.24, 2.45) is 0 Å². The number of hydrogen-bond donors (Lipinski definition) is 2. The molecular formula is C23H21F3N4O2. The van der Waals surface area contributed by atoms with Crippen LogP contribution in [0.25, 0.3) is 10.9 Å². The van der Waals surface area contributed by atoms with Crippen LogP contribution >= 0.6 is 0 Å². The number of aliphatic hydroxyl groups is 1. The van der Waals surface area contributed by atoms with Gasteiger partial charge in [0.1, 0.15) is 17.7 Å². The van der Waals surface area contributed by atoms with Crippen molar-refractivity contribution in [2.75, 3.05) is 5.32 Å². The van der Waals surface area contributed by atoms with E-state index in [0.29, 0.717) is 41.0 Å². The number of nitrogens with one attached hydrogen (secondary N) is 1. The third-order valence-corrected chi connectivity index (χ3v) is 5.79. The van der Waals surface area contributed by atoms with Crippen LogP contribution in [0.3, 0.4) is 0 Å². The molecule has 166 valence electrons. The molecule has 0 unspecified atom stereocenters. The molecule has 2 N–H and O–H groups in total. The average molecular weight is 442 g/mol. The van der Waals surface area contributed by atoms with Gasteiger partial charge < -0.3 is 15.0 Å². The highest BCUT2D eigenvalue weighted by atomic mass is 19.4. The minimum atomic E-state index is -4.50. The number of rotatable bonds is 4. The molecule has 1 aliphatic rings. The van der Waals surface area contributed by atoms with E-state index >= 15 is 0 Å². The molecule has 1 aliphatic carbocycles. The Labute approximate surface area is 182 Å². The summed E-state index contributed by atoms with van der Waals surface area (Å²) in [6.07, 6.45) is 3.30. The van der Waals surface area contributed by atoms with Gasteiger partial charge in [0.2, 0.25) is 0 Å². The van der Waals surface area contributed by atoms with Gasteiger partial charge in [-0.15, -0.1) is 6.42 Å². The molecule has 9 heteroatoms. The predicted molar refractivity (Wildman–Crippen MR) is 114 cm³/mol. The number of fused-ring (bicyclic) bond motifs is 1. The van der Waals surface area contributed by atoms with E-state index in [2.05, 4.69) is 21.2 Å². The number of halogens is 3. The van der Waals surface area contributed by atoms with Crippen LogP contribution in [-0.4, -0.2) is 25.7 Å². The lowest BCUT2D eigenvalue weighted by molar-refractivity contribution is -0.138. The van der Waals surface area contributed by atoms with Crippen LogP contribution in [0.2, 0.25) is 0 Å². The van der Waals surface area contributed by atoms with Crippen LogP contribution in [0, 0.1) is 26.2 Å². The van der Waals surface area contributed by atoms with E-state index in [1.807, 2.05) is 0 Å². The van der Waals surface area contributed by atoms with Gasteiger partial charge in [-0.3, -0.25) is 4.79 Å². The molecule has 4 rings (SSSR count). The normalized spacial score (nSPS) is 19.3. The first-order valence-corrected chi connectivity index (χ1v) is 10.1. The Balaban J connectivity index is 1.79. The molecule has 0 radical (unpaired) electrons. The van der Waals surface area contributed by atoms with Crippen LogP contribution in [0.1, 0.15) is 47.4 Å². The maximum atomic E-state index is 13.4. The number of benzene rings is 1. The predicted octanol–water partition coefficient (Wildman–Crippen LogP) is 3.91. The second kappa shape index (κ2) is 7.95. The molecule has 1 atom stereocenters. The molecule has 1 aromatic carbocycles. The fraction of sp³-hybridized carbons (Fsp3) is 0.348. The van der Waals surface area contributed by atoms with Gasteiger partial charge in [0.15, 0.2) is 0 Å². The van der Waals surface area contributed by atoms with Crippen LogP contribution in [0.4, 0.5) is 19.0 Å². The summed E-state index contributed by atoms with van der Waals surface area (Å²) in [5, 5.41) is 13.2. The minimum Gasteiger partial charge on any atom is -0.393 e. The molecule has 0 amide bonds. The van der Waals surface area contributed by atoms with Gasteiger partial charge >= 0.3 is 6.18 Å². The lowest BCUT2D eigenvalue weighted by Crippen LogP contribution is -2.36.